The van der Waals surface area contributed by atoms with Crippen molar-refractivity contribution in [1.82, 2.24) is 20.3 Å². The minimum Gasteiger partial charge on any atom is -0.310 e. The second-order valence-corrected chi connectivity index (χ2v) is 5.31. The van der Waals surface area contributed by atoms with Crippen molar-refractivity contribution in [3.8, 4) is 11.3 Å². The van der Waals surface area contributed by atoms with E-state index in [2.05, 4.69) is 22.6 Å². The van der Waals surface area contributed by atoms with Gasteiger partial charge in [0.25, 0.3) is 0 Å². The Balaban J connectivity index is 1.86. The fraction of sp³-hybridized carbons (Fsp3) is 0.467. The Morgan fingerprint density at radius 2 is 2.25 bits per heavy atom. The van der Waals surface area contributed by atoms with Gasteiger partial charge in [-0.15, -0.1) is 5.10 Å². The van der Waals surface area contributed by atoms with E-state index in [0.29, 0.717) is 11.6 Å². The zero-order valence-electron chi connectivity index (χ0n) is 11.6. The van der Waals surface area contributed by atoms with Gasteiger partial charge in [0.05, 0.1) is 11.9 Å². The van der Waals surface area contributed by atoms with Crippen LogP contribution in [-0.4, -0.2) is 21.0 Å². The summed E-state index contributed by atoms with van der Waals surface area (Å²) >= 11 is 0. The van der Waals surface area contributed by atoms with Gasteiger partial charge < -0.3 is 5.32 Å². The molecule has 0 saturated heterocycles. The Morgan fingerprint density at radius 3 is 3.00 bits per heavy atom. The lowest BCUT2D eigenvalue weighted by Crippen LogP contribution is -2.15. The fourth-order valence-electron chi connectivity index (χ4n) is 2.27. The third kappa shape index (κ3) is 2.88. The van der Waals surface area contributed by atoms with E-state index >= 15 is 0 Å². The topological polar surface area (TPSA) is 42.7 Å². The van der Waals surface area contributed by atoms with Crippen LogP contribution in [0.3, 0.4) is 0 Å². The highest BCUT2D eigenvalue weighted by Crippen LogP contribution is 2.24. The first-order chi connectivity index (χ1) is 9.78. The van der Waals surface area contributed by atoms with Crippen LogP contribution < -0.4 is 5.32 Å². The molecule has 2 aromatic rings. The van der Waals surface area contributed by atoms with Gasteiger partial charge in [-0.2, -0.15) is 0 Å². The van der Waals surface area contributed by atoms with Crippen molar-refractivity contribution >= 4 is 0 Å². The van der Waals surface area contributed by atoms with Gasteiger partial charge in [-0.3, -0.25) is 0 Å². The molecule has 1 aliphatic rings. The molecule has 0 spiro atoms. The molecule has 0 bridgehead atoms. The number of hydrogen-bond donors (Lipinski definition) is 1. The van der Waals surface area contributed by atoms with Crippen LogP contribution in [0, 0.1) is 5.82 Å². The highest BCUT2D eigenvalue weighted by molar-refractivity contribution is 5.60. The first kappa shape index (κ1) is 13.2. The normalized spacial score (nSPS) is 14.7. The molecule has 1 saturated carbocycles. The molecule has 1 heterocycles. The first-order valence-corrected chi connectivity index (χ1v) is 7.18. The van der Waals surface area contributed by atoms with E-state index in [1.54, 1.807) is 10.9 Å². The van der Waals surface area contributed by atoms with Crippen molar-refractivity contribution in [2.45, 2.75) is 45.3 Å². The maximum absolute atomic E-state index is 14.1. The molecule has 0 aliphatic heterocycles. The molecule has 1 aromatic heterocycles. The lowest BCUT2D eigenvalue weighted by Gasteiger charge is -2.09. The average molecular weight is 274 g/mol. The quantitative estimate of drug-likeness (QED) is 0.880. The molecule has 1 aromatic carbocycles. The Hall–Kier alpha value is -1.75. The van der Waals surface area contributed by atoms with Crippen molar-refractivity contribution in [2.75, 3.05) is 0 Å². The molecule has 0 amide bonds. The summed E-state index contributed by atoms with van der Waals surface area (Å²) in [6, 6.07) is 5.91. The van der Waals surface area contributed by atoms with Gasteiger partial charge in [0.1, 0.15) is 5.82 Å². The Kier molecular flexibility index (Phi) is 3.78. The number of nitrogens with zero attached hydrogens (tertiary/aromatic N) is 3. The minimum atomic E-state index is -0.222. The van der Waals surface area contributed by atoms with Crippen molar-refractivity contribution < 1.29 is 4.39 Å². The van der Waals surface area contributed by atoms with E-state index in [1.165, 1.54) is 18.9 Å². The average Bonchev–Trinajstić information content (AvgIpc) is 3.17. The van der Waals surface area contributed by atoms with Gasteiger partial charge in [-0.25, -0.2) is 9.07 Å². The van der Waals surface area contributed by atoms with Gasteiger partial charge in [-0.1, -0.05) is 18.2 Å². The van der Waals surface area contributed by atoms with Crippen LogP contribution in [0.5, 0.6) is 0 Å². The number of hydrogen-bond acceptors (Lipinski definition) is 3. The smallest absolute Gasteiger partial charge is 0.132 e. The fourth-order valence-corrected chi connectivity index (χ4v) is 2.27. The summed E-state index contributed by atoms with van der Waals surface area (Å²) in [5.41, 5.74) is 2.42. The molecule has 1 aliphatic carbocycles. The van der Waals surface area contributed by atoms with Crippen LogP contribution in [0.1, 0.15) is 31.7 Å². The molecule has 1 fully saturated rings. The molecule has 106 valence electrons. The van der Waals surface area contributed by atoms with Crippen LogP contribution >= 0.6 is 0 Å². The number of aromatic nitrogens is 3. The van der Waals surface area contributed by atoms with Gasteiger partial charge in [0.2, 0.25) is 0 Å². The molecule has 1 N–H and O–H groups in total. The Morgan fingerprint density at radius 1 is 1.40 bits per heavy atom. The van der Waals surface area contributed by atoms with Gasteiger partial charge in [0, 0.05) is 24.7 Å². The van der Waals surface area contributed by atoms with Crippen LogP contribution in [0.2, 0.25) is 0 Å². The summed E-state index contributed by atoms with van der Waals surface area (Å²) < 4.78 is 15.8. The number of benzene rings is 1. The SMILES string of the molecule is CCCn1nncc1-c1cc(CNC2CC2)ccc1F. The lowest BCUT2D eigenvalue weighted by atomic mass is 10.1. The largest absolute Gasteiger partial charge is 0.310 e. The Labute approximate surface area is 118 Å². The Bertz CT molecular complexity index is 589. The van der Waals surface area contributed by atoms with E-state index < -0.39 is 0 Å². The molecule has 5 heteroatoms. The highest BCUT2D eigenvalue weighted by Gasteiger charge is 2.20. The van der Waals surface area contributed by atoms with E-state index in [0.717, 1.165) is 30.8 Å². The molecule has 20 heavy (non-hydrogen) atoms. The van der Waals surface area contributed by atoms with Gasteiger partial charge in [0.15, 0.2) is 0 Å². The molecule has 4 nitrogen and oxygen atoms in total. The zero-order chi connectivity index (χ0) is 13.9. The number of aryl methyl sites for hydroxylation is 1. The van der Waals surface area contributed by atoms with E-state index in [-0.39, 0.29) is 5.82 Å². The monoisotopic (exact) mass is 274 g/mol. The van der Waals surface area contributed by atoms with Crippen molar-refractivity contribution in [3.05, 3.63) is 35.8 Å². The van der Waals surface area contributed by atoms with Crippen molar-refractivity contribution in [3.63, 3.8) is 0 Å². The second kappa shape index (κ2) is 5.71. The van der Waals surface area contributed by atoms with Gasteiger partial charge in [-0.05, 0) is 37.0 Å². The third-order valence-electron chi connectivity index (χ3n) is 3.53. The number of rotatable bonds is 6. The maximum Gasteiger partial charge on any atom is 0.132 e. The van der Waals surface area contributed by atoms with Crippen LogP contribution in [0.4, 0.5) is 4.39 Å². The summed E-state index contributed by atoms with van der Waals surface area (Å²) in [6.07, 6.45) is 5.08. The molecule has 3 rings (SSSR count). The summed E-state index contributed by atoms with van der Waals surface area (Å²) in [4.78, 5) is 0. The molecule has 0 radical (unpaired) electrons. The summed E-state index contributed by atoms with van der Waals surface area (Å²) in [7, 11) is 0. The summed E-state index contributed by atoms with van der Waals surface area (Å²) in [6.45, 7) is 3.60. The number of nitrogens with one attached hydrogen (secondary N) is 1. The second-order valence-electron chi connectivity index (χ2n) is 5.31. The summed E-state index contributed by atoms with van der Waals surface area (Å²) in [5.74, 6) is -0.222. The van der Waals surface area contributed by atoms with Crippen molar-refractivity contribution in [1.29, 1.82) is 0 Å². The predicted molar refractivity (Wildman–Crippen MR) is 75.6 cm³/mol. The standard InChI is InChI=1S/C15H19FN4/c1-2-7-20-15(10-18-19-20)13-8-11(3-6-14(13)16)9-17-12-4-5-12/h3,6,8,10,12,17H,2,4-5,7,9H2,1H3. The molecule has 0 atom stereocenters. The predicted octanol–water partition coefficient (Wildman–Crippen LogP) is 2.75. The minimum absolute atomic E-state index is 0.222. The molecule has 0 unspecified atom stereocenters. The van der Waals surface area contributed by atoms with Crippen LogP contribution in [0.15, 0.2) is 24.4 Å². The maximum atomic E-state index is 14.1. The molecular weight excluding hydrogens is 255 g/mol. The van der Waals surface area contributed by atoms with Crippen LogP contribution in [-0.2, 0) is 13.1 Å². The van der Waals surface area contributed by atoms with Gasteiger partial charge >= 0.3 is 0 Å². The van der Waals surface area contributed by atoms with E-state index in [4.69, 9.17) is 0 Å². The zero-order valence-corrected chi connectivity index (χ0v) is 11.6. The van der Waals surface area contributed by atoms with Crippen molar-refractivity contribution in [2.24, 2.45) is 0 Å². The van der Waals surface area contributed by atoms with E-state index in [9.17, 15) is 4.39 Å². The van der Waals surface area contributed by atoms with Crippen LogP contribution in [0.25, 0.3) is 11.3 Å². The lowest BCUT2D eigenvalue weighted by molar-refractivity contribution is 0.578. The third-order valence-corrected chi connectivity index (χ3v) is 3.53. The first-order valence-electron chi connectivity index (χ1n) is 7.18. The van der Waals surface area contributed by atoms with E-state index in [1.807, 2.05) is 12.1 Å². The highest BCUT2D eigenvalue weighted by atomic mass is 19.1. The molecular formula is C15H19FN4. The number of halogens is 1. The summed E-state index contributed by atoms with van der Waals surface area (Å²) in [5, 5.41) is 11.4.